The zero-order valence-electron chi connectivity index (χ0n) is 16.9. The molecule has 6 nitrogen and oxygen atoms in total. The zero-order chi connectivity index (χ0) is 21.2. The number of carbonyl (C=O) groups excluding carboxylic acids is 1. The Hall–Kier alpha value is -3.58. The first-order chi connectivity index (χ1) is 15.2. The van der Waals surface area contributed by atoms with Crippen LogP contribution in [-0.2, 0) is 11.3 Å². The molecule has 0 saturated carbocycles. The van der Waals surface area contributed by atoms with Crippen molar-refractivity contribution < 1.29 is 14.3 Å². The highest BCUT2D eigenvalue weighted by molar-refractivity contribution is 7.21. The Bertz CT molecular complexity index is 1220. The summed E-state index contributed by atoms with van der Waals surface area (Å²) in [6, 6.07) is 21.4. The summed E-state index contributed by atoms with van der Waals surface area (Å²) in [7, 11) is 0. The van der Waals surface area contributed by atoms with Gasteiger partial charge in [0.1, 0.15) is 11.0 Å². The lowest BCUT2D eigenvalue weighted by molar-refractivity contribution is -0.121. The summed E-state index contributed by atoms with van der Waals surface area (Å²) < 4.78 is 11.9. The average molecular weight is 432 g/mol. The topological polar surface area (TPSA) is 72.5 Å². The number of anilines is 1. The van der Waals surface area contributed by atoms with E-state index in [0.717, 1.165) is 37.8 Å². The van der Waals surface area contributed by atoms with Crippen LogP contribution < -0.4 is 20.1 Å². The molecule has 7 heteroatoms. The lowest BCUT2D eigenvalue weighted by Crippen LogP contribution is -2.37. The molecule has 0 radical (unpaired) electrons. The van der Waals surface area contributed by atoms with Gasteiger partial charge in [-0.05, 0) is 48.9 Å². The maximum Gasteiger partial charge on any atom is 0.242 e. The van der Waals surface area contributed by atoms with Crippen LogP contribution in [0.3, 0.4) is 0 Å². The van der Waals surface area contributed by atoms with E-state index < -0.39 is 0 Å². The number of hydrogen-bond donors (Lipinski definition) is 2. The van der Waals surface area contributed by atoms with Gasteiger partial charge < -0.3 is 20.1 Å². The van der Waals surface area contributed by atoms with Gasteiger partial charge in [0.25, 0.3) is 0 Å². The quantitative estimate of drug-likeness (QED) is 0.458. The van der Waals surface area contributed by atoms with E-state index in [4.69, 9.17) is 14.5 Å². The van der Waals surface area contributed by atoms with E-state index >= 15 is 0 Å². The minimum absolute atomic E-state index is 0.0805. The van der Waals surface area contributed by atoms with Crippen LogP contribution in [0.25, 0.3) is 20.8 Å². The molecule has 2 N–H and O–H groups in total. The monoisotopic (exact) mass is 431 g/mol. The molecular formula is C24H21N3O3S. The number of aromatic nitrogens is 1. The van der Waals surface area contributed by atoms with Gasteiger partial charge in [-0.15, -0.1) is 11.3 Å². The van der Waals surface area contributed by atoms with E-state index in [9.17, 15) is 4.79 Å². The number of para-hydroxylation sites is 1. The molecule has 0 aliphatic carbocycles. The van der Waals surface area contributed by atoms with Gasteiger partial charge in [0, 0.05) is 17.8 Å². The van der Waals surface area contributed by atoms with Gasteiger partial charge in [0.2, 0.25) is 12.7 Å². The molecule has 1 aromatic heterocycles. The third-order valence-corrected chi connectivity index (χ3v) is 6.17. The van der Waals surface area contributed by atoms with E-state index in [1.807, 2.05) is 67.6 Å². The molecule has 0 unspecified atom stereocenters. The first-order valence-corrected chi connectivity index (χ1v) is 10.9. The molecule has 3 aromatic carbocycles. The number of nitrogens with zero attached hydrogens (tertiary/aromatic N) is 1. The SMILES string of the molecule is C[C@@H](Nc1cccc(-c2nc3ccccc3s2)c1)C(=O)NCc1ccc2c(c1)OCO2. The van der Waals surface area contributed by atoms with E-state index in [1.165, 1.54) is 0 Å². The molecule has 5 rings (SSSR count). The van der Waals surface area contributed by atoms with Crippen molar-refractivity contribution in [3.63, 3.8) is 0 Å². The van der Waals surface area contributed by atoms with E-state index in [2.05, 4.69) is 16.7 Å². The van der Waals surface area contributed by atoms with Crippen LogP contribution in [-0.4, -0.2) is 23.7 Å². The lowest BCUT2D eigenvalue weighted by Gasteiger charge is -2.16. The number of fused-ring (bicyclic) bond motifs is 2. The number of nitrogens with one attached hydrogen (secondary N) is 2. The Kier molecular flexibility index (Phi) is 5.18. The number of thiazole rings is 1. The molecule has 156 valence electrons. The van der Waals surface area contributed by atoms with Crippen LogP contribution in [0.5, 0.6) is 11.5 Å². The minimum atomic E-state index is -0.389. The highest BCUT2D eigenvalue weighted by Gasteiger charge is 2.16. The molecule has 0 bridgehead atoms. The fraction of sp³-hybridized carbons (Fsp3) is 0.167. The van der Waals surface area contributed by atoms with Crippen LogP contribution in [0.2, 0.25) is 0 Å². The number of carbonyl (C=O) groups is 1. The van der Waals surface area contributed by atoms with E-state index in [-0.39, 0.29) is 18.7 Å². The zero-order valence-corrected chi connectivity index (χ0v) is 17.7. The number of rotatable bonds is 6. The second-order valence-electron chi connectivity index (χ2n) is 7.34. The first-order valence-electron chi connectivity index (χ1n) is 10.0. The highest BCUT2D eigenvalue weighted by atomic mass is 32.1. The van der Waals surface area contributed by atoms with Crippen LogP contribution in [0.15, 0.2) is 66.7 Å². The number of amides is 1. The summed E-state index contributed by atoms with van der Waals surface area (Å²) in [5.41, 5.74) is 3.86. The predicted molar refractivity (Wildman–Crippen MR) is 123 cm³/mol. The van der Waals surface area contributed by atoms with E-state index in [0.29, 0.717) is 12.3 Å². The average Bonchev–Trinajstić information content (AvgIpc) is 3.44. The molecule has 1 amide bonds. The fourth-order valence-corrected chi connectivity index (χ4v) is 4.41. The maximum absolute atomic E-state index is 12.6. The Morgan fingerprint density at radius 2 is 1.94 bits per heavy atom. The molecule has 2 heterocycles. The predicted octanol–water partition coefficient (Wildman–Crippen LogP) is 4.81. The summed E-state index contributed by atoms with van der Waals surface area (Å²) in [6.07, 6.45) is 0. The van der Waals surface area contributed by atoms with Crippen molar-refractivity contribution in [1.82, 2.24) is 10.3 Å². The van der Waals surface area contributed by atoms with Crippen molar-refractivity contribution >= 4 is 33.1 Å². The molecule has 4 aromatic rings. The summed E-state index contributed by atoms with van der Waals surface area (Å²) in [5, 5.41) is 7.21. The standard InChI is InChI=1S/C24H21N3O3S/c1-15(23(28)25-13-16-9-10-20-21(11-16)30-14-29-20)26-18-6-4-5-17(12-18)24-27-19-7-2-3-8-22(19)31-24/h2-12,15,26H,13-14H2,1H3,(H,25,28)/t15-/m1/s1. The van der Waals surface area contributed by atoms with Crippen molar-refractivity contribution in [3.8, 4) is 22.1 Å². The molecule has 1 aliphatic rings. The van der Waals surface area contributed by atoms with Crippen molar-refractivity contribution in [2.75, 3.05) is 12.1 Å². The van der Waals surface area contributed by atoms with Crippen molar-refractivity contribution in [2.45, 2.75) is 19.5 Å². The summed E-state index contributed by atoms with van der Waals surface area (Å²) in [5.74, 6) is 1.37. The van der Waals surface area contributed by atoms with Crippen LogP contribution >= 0.6 is 11.3 Å². The summed E-state index contributed by atoms with van der Waals surface area (Å²) in [6.45, 7) is 2.51. The largest absolute Gasteiger partial charge is 0.454 e. The Balaban J connectivity index is 1.23. The Morgan fingerprint density at radius 3 is 2.84 bits per heavy atom. The Labute approximate surface area is 183 Å². The number of hydrogen-bond acceptors (Lipinski definition) is 6. The summed E-state index contributed by atoms with van der Waals surface area (Å²) >= 11 is 1.66. The molecular weight excluding hydrogens is 410 g/mol. The molecule has 0 fully saturated rings. The number of benzene rings is 3. The van der Waals surface area contributed by atoms with Gasteiger partial charge in [-0.3, -0.25) is 4.79 Å². The van der Waals surface area contributed by atoms with Crippen LogP contribution in [0.1, 0.15) is 12.5 Å². The second-order valence-corrected chi connectivity index (χ2v) is 8.37. The molecule has 1 atom stereocenters. The van der Waals surface area contributed by atoms with Gasteiger partial charge in [-0.25, -0.2) is 4.98 Å². The third-order valence-electron chi connectivity index (χ3n) is 5.08. The van der Waals surface area contributed by atoms with Crippen molar-refractivity contribution in [1.29, 1.82) is 0 Å². The second kappa shape index (κ2) is 8.28. The fourth-order valence-electron chi connectivity index (χ4n) is 3.45. The van der Waals surface area contributed by atoms with Gasteiger partial charge in [0.05, 0.1) is 10.2 Å². The highest BCUT2D eigenvalue weighted by Crippen LogP contribution is 2.33. The first kappa shape index (κ1) is 19.4. The molecule has 1 aliphatic heterocycles. The normalized spacial score (nSPS) is 13.2. The van der Waals surface area contributed by atoms with Gasteiger partial charge in [0.15, 0.2) is 11.5 Å². The number of ether oxygens (including phenoxy) is 2. The third kappa shape index (κ3) is 4.18. The summed E-state index contributed by atoms with van der Waals surface area (Å²) in [4.78, 5) is 17.3. The van der Waals surface area contributed by atoms with Gasteiger partial charge in [-0.2, -0.15) is 0 Å². The molecule has 0 saturated heterocycles. The molecule has 0 spiro atoms. The maximum atomic E-state index is 12.6. The van der Waals surface area contributed by atoms with E-state index in [1.54, 1.807) is 11.3 Å². The molecule has 31 heavy (non-hydrogen) atoms. The van der Waals surface area contributed by atoms with Crippen LogP contribution in [0, 0.1) is 0 Å². The lowest BCUT2D eigenvalue weighted by atomic mass is 10.1. The minimum Gasteiger partial charge on any atom is -0.454 e. The van der Waals surface area contributed by atoms with Gasteiger partial charge >= 0.3 is 0 Å². The van der Waals surface area contributed by atoms with Crippen LogP contribution in [0.4, 0.5) is 5.69 Å². The van der Waals surface area contributed by atoms with Crippen molar-refractivity contribution in [2.24, 2.45) is 0 Å². The Morgan fingerprint density at radius 1 is 1.06 bits per heavy atom. The van der Waals surface area contributed by atoms with Crippen molar-refractivity contribution in [3.05, 3.63) is 72.3 Å². The van der Waals surface area contributed by atoms with Gasteiger partial charge in [-0.1, -0.05) is 30.3 Å². The smallest absolute Gasteiger partial charge is 0.242 e.